The number of halogens is 2. The Balaban J connectivity index is 2.19. The minimum absolute atomic E-state index is 0.0951. The average Bonchev–Trinajstić information content (AvgIpc) is 2.96. The van der Waals surface area contributed by atoms with Crippen molar-refractivity contribution in [2.24, 2.45) is 5.73 Å². The Hall–Kier alpha value is -0.640. The molecule has 1 aromatic carbocycles. The molecular weight excluding hydrogens is 275 g/mol. The Morgan fingerprint density at radius 3 is 2.60 bits per heavy atom. The summed E-state index contributed by atoms with van der Waals surface area (Å²) in [6, 6.07) is 4.69. The van der Waals surface area contributed by atoms with Gasteiger partial charge in [-0.1, -0.05) is 24.6 Å². The van der Waals surface area contributed by atoms with Crippen molar-refractivity contribution < 1.29 is 4.39 Å². The van der Waals surface area contributed by atoms with Crippen molar-refractivity contribution in [1.82, 2.24) is 4.90 Å². The molecule has 4 heteroatoms. The summed E-state index contributed by atoms with van der Waals surface area (Å²) in [4.78, 5) is 2.45. The fourth-order valence-electron chi connectivity index (χ4n) is 3.12. The van der Waals surface area contributed by atoms with E-state index in [1.165, 1.54) is 18.9 Å². The van der Waals surface area contributed by atoms with Gasteiger partial charge in [-0.2, -0.15) is 0 Å². The van der Waals surface area contributed by atoms with E-state index in [2.05, 4.69) is 18.7 Å². The lowest BCUT2D eigenvalue weighted by atomic mass is 9.84. The molecule has 0 radical (unpaired) electrons. The molecule has 0 amide bonds. The van der Waals surface area contributed by atoms with Gasteiger partial charge in [-0.15, -0.1) is 0 Å². The fraction of sp³-hybridized carbons (Fsp3) is 0.625. The second-order valence-electron chi connectivity index (χ2n) is 5.92. The van der Waals surface area contributed by atoms with Crippen molar-refractivity contribution in [2.75, 3.05) is 13.1 Å². The zero-order valence-electron chi connectivity index (χ0n) is 12.3. The van der Waals surface area contributed by atoms with Crippen LogP contribution in [0.15, 0.2) is 18.2 Å². The highest BCUT2D eigenvalue weighted by atomic mass is 35.5. The molecule has 2 rings (SSSR count). The smallest absolute Gasteiger partial charge is 0.127 e. The molecule has 2 unspecified atom stereocenters. The Labute approximate surface area is 126 Å². The summed E-state index contributed by atoms with van der Waals surface area (Å²) >= 11 is 6.12. The summed E-state index contributed by atoms with van der Waals surface area (Å²) in [6.45, 7) is 6.52. The normalized spacial score (nSPS) is 20.9. The molecule has 2 atom stereocenters. The molecule has 1 aromatic rings. The van der Waals surface area contributed by atoms with Crippen molar-refractivity contribution in [3.8, 4) is 0 Å². The van der Waals surface area contributed by atoms with Crippen LogP contribution in [0.5, 0.6) is 0 Å². The molecule has 1 aliphatic heterocycles. The standard InChI is InChI=1S/C16H24ClFN2/c1-3-16(2,20-9-4-5-10-20)15(19)11-12-13(17)7-6-8-14(12)18/h6-8,15H,3-5,9-11,19H2,1-2H3. The van der Waals surface area contributed by atoms with Gasteiger partial charge in [0.2, 0.25) is 0 Å². The maximum atomic E-state index is 13.9. The molecule has 112 valence electrons. The van der Waals surface area contributed by atoms with Crippen molar-refractivity contribution in [2.45, 2.75) is 51.1 Å². The van der Waals surface area contributed by atoms with Crippen molar-refractivity contribution in [3.05, 3.63) is 34.6 Å². The predicted molar refractivity (Wildman–Crippen MR) is 82.6 cm³/mol. The third-order valence-corrected chi connectivity index (χ3v) is 5.18. The molecule has 2 N–H and O–H groups in total. The highest BCUT2D eigenvalue weighted by Crippen LogP contribution is 2.30. The van der Waals surface area contributed by atoms with Gasteiger partial charge in [0.15, 0.2) is 0 Å². The van der Waals surface area contributed by atoms with Gasteiger partial charge in [0.1, 0.15) is 5.82 Å². The van der Waals surface area contributed by atoms with Gasteiger partial charge in [-0.25, -0.2) is 4.39 Å². The van der Waals surface area contributed by atoms with Crippen LogP contribution in [-0.4, -0.2) is 29.6 Å². The van der Waals surface area contributed by atoms with E-state index in [0.29, 0.717) is 17.0 Å². The minimum Gasteiger partial charge on any atom is -0.326 e. The molecule has 0 bridgehead atoms. The van der Waals surface area contributed by atoms with E-state index in [0.717, 1.165) is 19.5 Å². The van der Waals surface area contributed by atoms with E-state index in [1.807, 2.05) is 0 Å². The Morgan fingerprint density at radius 2 is 2.05 bits per heavy atom. The molecule has 1 fully saturated rings. The lowest BCUT2D eigenvalue weighted by Gasteiger charge is -2.43. The van der Waals surface area contributed by atoms with E-state index < -0.39 is 0 Å². The second-order valence-corrected chi connectivity index (χ2v) is 6.32. The number of hydrogen-bond acceptors (Lipinski definition) is 2. The largest absolute Gasteiger partial charge is 0.326 e. The first-order valence-electron chi connectivity index (χ1n) is 7.42. The van der Waals surface area contributed by atoms with Crippen LogP contribution in [0.3, 0.4) is 0 Å². The highest BCUT2D eigenvalue weighted by molar-refractivity contribution is 6.31. The maximum Gasteiger partial charge on any atom is 0.127 e. The van der Waals surface area contributed by atoms with Gasteiger partial charge in [0.25, 0.3) is 0 Å². The van der Waals surface area contributed by atoms with E-state index >= 15 is 0 Å². The van der Waals surface area contributed by atoms with Gasteiger partial charge >= 0.3 is 0 Å². The summed E-state index contributed by atoms with van der Waals surface area (Å²) in [5.41, 5.74) is 6.89. The first-order valence-corrected chi connectivity index (χ1v) is 7.80. The van der Waals surface area contributed by atoms with E-state index in [9.17, 15) is 4.39 Å². The second kappa shape index (κ2) is 6.42. The van der Waals surface area contributed by atoms with Crippen LogP contribution in [0.4, 0.5) is 4.39 Å². The van der Waals surface area contributed by atoms with Crippen LogP contribution in [0.25, 0.3) is 0 Å². The van der Waals surface area contributed by atoms with E-state index in [1.54, 1.807) is 12.1 Å². The summed E-state index contributed by atoms with van der Waals surface area (Å²) in [6.07, 6.45) is 3.89. The Kier molecular flexibility index (Phi) is 5.05. The summed E-state index contributed by atoms with van der Waals surface area (Å²) in [5.74, 6) is -0.257. The molecule has 0 spiro atoms. The third kappa shape index (κ3) is 3.00. The van der Waals surface area contributed by atoms with Crippen LogP contribution in [0, 0.1) is 5.82 Å². The third-order valence-electron chi connectivity index (χ3n) is 4.83. The molecule has 1 aliphatic rings. The SMILES string of the molecule is CCC(C)(C(N)Cc1c(F)cccc1Cl)N1CCCC1. The first kappa shape index (κ1) is 15.7. The van der Waals surface area contributed by atoms with Gasteiger partial charge < -0.3 is 5.73 Å². The molecule has 0 aliphatic carbocycles. The molecule has 20 heavy (non-hydrogen) atoms. The maximum absolute atomic E-state index is 13.9. The lowest BCUT2D eigenvalue weighted by molar-refractivity contribution is 0.0995. The highest BCUT2D eigenvalue weighted by Gasteiger charge is 2.37. The monoisotopic (exact) mass is 298 g/mol. The molecule has 1 heterocycles. The van der Waals surface area contributed by atoms with Crippen LogP contribution in [0.1, 0.15) is 38.7 Å². The van der Waals surface area contributed by atoms with Crippen molar-refractivity contribution >= 4 is 11.6 Å². The summed E-state index contributed by atoms with van der Waals surface area (Å²) in [5, 5.41) is 0.473. The number of likely N-dealkylation sites (tertiary alicyclic amines) is 1. The average molecular weight is 299 g/mol. The molecular formula is C16H24ClFN2. The number of nitrogens with zero attached hydrogens (tertiary/aromatic N) is 1. The van der Waals surface area contributed by atoms with Crippen LogP contribution in [0.2, 0.25) is 5.02 Å². The molecule has 0 aromatic heterocycles. The minimum atomic E-state index is -0.257. The zero-order chi connectivity index (χ0) is 14.8. The number of rotatable bonds is 5. The van der Waals surface area contributed by atoms with Gasteiger partial charge in [0, 0.05) is 22.2 Å². The van der Waals surface area contributed by atoms with Gasteiger partial charge in [-0.3, -0.25) is 4.90 Å². The summed E-state index contributed by atoms with van der Waals surface area (Å²) in [7, 11) is 0. The fourth-order valence-corrected chi connectivity index (χ4v) is 3.36. The van der Waals surface area contributed by atoms with Crippen LogP contribution >= 0.6 is 11.6 Å². The van der Waals surface area contributed by atoms with E-state index in [4.69, 9.17) is 17.3 Å². The van der Waals surface area contributed by atoms with Gasteiger partial charge in [0.05, 0.1) is 0 Å². The van der Waals surface area contributed by atoms with Crippen molar-refractivity contribution in [1.29, 1.82) is 0 Å². The Bertz CT molecular complexity index is 440. The Morgan fingerprint density at radius 1 is 1.40 bits per heavy atom. The van der Waals surface area contributed by atoms with Gasteiger partial charge in [-0.05, 0) is 57.8 Å². The quantitative estimate of drug-likeness (QED) is 0.900. The molecule has 2 nitrogen and oxygen atoms in total. The number of benzene rings is 1. The lowest BCUT2D eigenvalue weighted by Crippen LogP contribution is -2.57. The first-order chi connectivity index (χ1) is 9.49. The van der Waals surface area contributed by atoms with Crippen molar-refractivity contribution in [3.63, 3.8) is 0 Å². The molecule has 1 saturated heterocycles. The summed E-state index contributed by atoms with van der Waals surface area (Å²) < 4.78 is 13.9. The number of nitrogens with two attached hydrogens (primary N) is 1. The topological polar surface area (TPSA) is 29.3 Å². The zero-order valence-corrected chi connectivity index (χ0v) is 13.1. The predicted octanol–water partition coefficient (Wildman–Crippen LogP) is 3.61. The van der Waals surface area contributed by atoms with E-state index in [-0.39, 0.29) is 17.4 Å². The molecule has 0 saturated carbocycles. The number of hydrogen-bond donors (Lipinski definition) is 1. The van der Waals surface area contributed by atoms with Crippen LogP contribution < -0.4 is 5.73 Å². The van der Waals surface area contributed by atoms with Crippen LogP contribution in [-0.2, 0) is 6.42 Å².